The Morgan fingerprint density at radius 1 is 1.33 bits per heavy atom. The molecule has 0 aliphatic carbocycles. The predicted molar refractivity (Wildman–Crippen MR) is 91.7 cm³/mol. The molecule has 0 bridgehead atoms. The van der Waals surface area contributed by atoms with Crippen molar-refractivity contribution in [2.75, 3.05) is 11.4 Å². The first kappa shape index (κ1) is 15.0. The van der Waals surface area contributed by atoms with Crippen molar-refractivity contribution >= 4 is 39.0 Å². The highest BCUT2D eigenvalue weighted by atomic mass is 35.5. The average molecular weight is 324 g/mol. The molecule has 114 valence electrons. The molecule has 2 aromatic heterocycles. The average Bonchev–Trinajstić information content (AvgIpc) is 2.90. The molecule has 2 aromatic rings. The standard InChI is InChI=1S/C16H22ClN3S/c1-3-7-11-8-5-6-9-20(11)14-13-10-12(4-2)21-15(13)19-16(17)18-14/h10-11H,3-9H2,1-2H3. The number of hydrogen-bond acceptors (Lipinski definition) is 4. The van der Waals surface area contributed by atoms with Gasteiger partial charge in [-0.3, -0.25) is 0 Å². The molecule has 1 fully saturated rings. The molecule has 1 atom stereocenters. The number of hydrogen-bond donors (Lipinski definition) is 0. The van der Waals surface area contributed by atoms with Crippen molar-refractivity contribution in [3.05, 3.63) is 16.2 Å². The van der Waals surface area contributed by atoms with E-state index in [1.54, 1.807) is 11.3 Å². The monoisotopic (exact) mass is 323 g/mol. The Balaban J connectivity index is 2.06. The summed E-state index contributed by atoms with van der Waals surface area (Å²) in [5.41, 5.74) is 0. The molecule has 0 spiro atoms. The number of aromatic nitrogens is 2. The van der Waals surface area contributed by atoms with Crippen LogP contribution in [0.4, 0.5) is 5.82 Å². The van der Waals surface area contributed by atoms with Crippen LogP contribution < -0.4 is 4.90 Å². The summed E-state index contributed by atoms with van der Waals surface area (Å²) in [4.78, 5) is 13.9. The highest BCUT2D eigenvalue weighted by Gasteiger charge is 2.25. The minimum absolute atomic E-state index is 0.378. The molecule has 5 heteroatoms. The Morgan fingerprint density at radius 3 is 2.95 bits per heavy atom. The lowest BCUT2D eigenvalue weighted by molar-refractivity contribution is 0.433. The molecule has 3 heterocycles. The second-order valence-corrected chi connectivity index (χ2v) is 7.19. The third-order valence-corrected chi connectivity index (χ3v) is 5.61. The molecule has 0 aromatic carbocycles. The van der Waals surface area contributed by atoms with E-state index in [4.69, 9.17) is 11.6 Å². The minimum atomic E-state index is 0.378. The maximum absolute atomic E-state index is 6.18. The number of fused-ring (bicyclic) bond motifs is 1. The summed E-state index contributed by atoms with van der Waals surface area (Å²) in [6, 6.07) is 2.85. The fourth-order valence-corrected chi connectivity index (χ4v) is 4.41. The molecule has 0 radical (unpaired) electrons. The van der Waals surface area contributed by atoms with Crippen LogP contribution in [0.3, 0.4) is 0 Å². The molecule has 1 unspecified atom stereocenters. The Labute approximate surface area is 135 Å². The minimum Gasteiger partial charge on any atom is -0.353 e. The van der Waals surface area contributed by atoms with E-state index in [1.807, 2.05) is 0 Å². The summed E-state index contributed by atoms with van der Waals surface area (Å²) < 4.78 is 0. The van der Waals surface area contributed by atoms with E-state index in [-0.39, 0.29) is 0 Å². The van der Waals surface area contributed by atoms with Crippen molar-refractivity contribution in [1.82, 2.24) is 9.97 Å². The molecule has 0 saturated carbocycles. The highest BCUT2D eigenvalue weighted by molar-refractivity contribution is 7.18. The summed E-state index contributed by atoms with van der Waals surface area (Å²) in [5, 5.41) is 1.56. The zero-order chi connectivity index (χ0) is 14.8. The van der Waals surface area contributed by atoms with E-state index in [0.29, 0.717) is 11.3 Å². The van der Waals surface area contributed by atoms with Crippen molar-refractivity contribution in [3.8, 4) is 0 Å². The SMILES string of the molecule is CCCC1CCCCN1c1nc(Cl)nc2sc(CC)cc12. The zero-order valence-corrected chi connectivity index (χ0v) is 14.3. The Hall–Kier alpha value is -0.870. The summed E-state index contributed by atoms with van der Waals surface area (Å²) in [6.07, 6.45) is 7.32. The Kier molecular flexibility index (Phi) is 4.65. The van der Waals surface area contributed by atoms with Crippen molar-refractivity contribution in [2.24, 2.45) is 0 Å². The lowest BCUT2D eigenvalue weighted by atomic mass is 9.98. The van der Waals surface area contributed by atoms with E-state index in [2.05, 4.69) is 34.8 Å². The molecule has 1 aliphatic rings. The third-order valence-electron chi connectivity index (χ3n) is 4.27. The molecule has 0 amide bonds. The van der Waals surface area contributed by atoms with Gasteiger partial charge in [-0.15, -0.1) is 11.3 Å². The van der Waals surface area contributed by atoms with Crippen molar-refractivity contribution in [3.63, 3.8) is 0 Å². The van der Waals surface area contributed by atoms with Gasteiger partial charge in [-0.25, -0.2) is 4.98 Å². The maximum Gasteiger partial charge on any atom is 0.225 e. The van der Waals surface area contributed by atoms with E-state index >= 15 is 0 Å². The van der Waals surface area contributed by atoms with Gasteiger partial charge in [0.25, 0.3) is 0 Å². The van der Waals surface area contributed by atoms with Gasteiger partial charge in [-0.05, 0) is 49.8 Å². The second-order valence-electron chi connectivity index (χ2n) is 5.73. The molecule has 21 heavy (non-hydrogen) atoms. The molecule has 1 aliphatic heterocycles. The summed E-state index contributed by atoms with van der Waals surface area (Å²) in [7, 11) is 0. The van der Waals surface area contributed by atoms with Gasteiger partial charge >= 0.3 is 0 Å². The summed E-state index contributed by atoms with van der Waals surface area (Å²) >= 11 is 7.92. The first-order valence-electron chi connectivity index (χ1n) is 7.95. The van der Waals surface area contributed by atoms with Gasteiger partial charge < -0.3 is 4.90 Å². The lowest BCUT2D eigenvalue weighted by Crippen LogP contribution is -2.40. The normalized spacial score (nSPS) is 19.4. The largest absolute Gasteiger partial charge is 0.353 e. The Bertz CT molecular complexity index is 623. The number of thiophene rings is 1. The molecular formula is C16H22ClN3S. The van der Waals surface area contributed by atoms with Crippen LogP contribution in [0.1, 0.15) is 50.8 Å². The molecular weight excluding hydrogens is 302 g/mol. The molecule has 1 saturated heterocycles. The topological polar surface area (TPSA) is 29.0 Å². The molecule has 0 N–H and O–H groups in total. The number of nitrogens with zero attached hydrogens (tertiary/aromatic N) is 3. The van der Waals surface area contributed by atoms with Gasteiger partial charge in [-0.1, -0.05) is 20.3 Å². The van der Waals surface area contributed by atoms with Crippen molar-refractivity contribution in [1.29, 1.82) is 0 Å². The first-order valence-corrected chi connectivity index (χ1v) is 9.15. The van der Waals surface area contributed by atoms with E-state index in [0.717, 1.165) is 23.6 Å². The summed E-state index contributed by atoms with van der Waals surface area (Å²) in [5.74, 6) is 1.05. The van der Waals surface area contributed by atoms with Gasteiger partial charge in [0, 0.05) is 17.5 Å². The quantitative estimate of drug-likeness (QED) is 0.736. The Morgan fingerprint density at radius 2 is 2.19 bits per heavy atom. The number of piperidine rings is 1. The van der Waals surface area contributed by atoms with Crippen molar-refractivity contribution < 1.29 is 0 Å². The van der Waals surface area contributed by atoms with E-state index in [9.17, 15) is 0 Å². The number of rotatable bonds is 4. The fraction of sp³-hybridized carbons (Fsp3) is 0.625. The van der Waals surface area contributed by atoms with Crippen LogP contribution >= 0.6 is 22.9 Å². The van der Waals surface area contributed by atoms with Crippen molar-refractivity contribution in [2.45, 2.75) is 58.4 Å². The number of anilines is 1. The summed E-state index contributed by atoms with van der Waals surface area (Å²) in [6.45, 7) is 5.53. The van der Waals surface area contributed by atoms with Gasteiger partial charge in [0.2, 0.25) is 5.28 Å². The van der Waals surface area contributed by atoms with Gasteiger partial charge in [-0.2, -0.15) is 4.98 Å². The third kappa shape index (κ3) is 3.02. The lowest BCUT2D eigenvalue weighted by Gasteiger charge is -2.37. The maximum atomic E-state index is 6.18. The number of aryl methyl sites for hydroxylation is 1. The van der Waals surface area contributed by atoms with Crippen LogP contribution in [-0.2, 0) is 6.42 Å². The second kappa shape index (κ2) is 6.49. The van der Waals surface area contributed by atoms with Crippen LogP contribution in [0.5, 0.6) is 0 Å². The fourth-order valence-electron chi connectivity index (χ4n) is 3.24. The van der Waals surface area contributed by atoms with Crippen LogP contribution in [0.25, 0.3) is 10.2 Å². The number of halogens is 1. The van der Waals surface area contributed by atoms with E-state index < -0.39 is 0 Å². The zero-order valence-electron chi connectivity index (χ0n) is 12.7. The van der Waals surface area contributed by atoms with Gasteiger partial charge in [0.1, 0.15) is 10.6 Å². The van der Waals surface area contributed by atoms with Crippen LogP contribution in [0.15, 0.2) is 6.07 Å². The highest BCUT2D eigenvalue weighted by Crippen LogP contribution is 2.35. The van der Waals surface area contributed by atoms with Crippen LogP contribution in [0, 0.1) is 0 Å². The predicted octanol–water partition coefficient (Wildman–Crippen LogP) is 5.07. The van der Waals surface area contributed by atoms with Crippen LogP contribution in [0.2, 0.25) is 5.28 Å². The van der Waals surface area contributed by atoms with Crippen LogP contribution in [-0.4, -0.2) is 22.6 Å². The molecule has 3 rings (SSSR count). The smallest absolute Gasteiger partial charge is 0.225 e. The van der Waals surface area contributed by atoms with E-state index in [1.165, 1.54) is 42.4 Å². The molecule has 3 nitrogen and oxygen atoms in total. The van der Waals surface area contributed by atoms with Gasteiger partial charge in [0.05, 0.1) is 5.39 Å². The first-order chi connectivity index (χ1) is 10.2. The van der Waals surface area contributed by atoms with Gasteiger partial charge in [0.15, 0.2) is 0 Å².